The summed E-state index contributed by atoms with van der Waals surface area (Å²) in [5.74, 6) is 0.403. The van der Waals surface area contributed by atoms with Crippen LogP contribution >= 0.6 is 11.6 Å². The Bertz CT molecular complexity index is 590. The van der Waals surface area contributed by atoms with E-state index in [1.165, 1.54) is 0 Å². The Hall–Kier alpha value is -1.55. The van der Waals surface area contributed by atoms with Crippen LogP contribution < -0.4 is 5.32 Å². The number of hydrogen-bond donors (Lipinski definition) is 1. The number of carbonyl (C=O) groups is 1. The number of anilines is 1. The normalized spacial score (nSPS) is 18.9. The molecule has 1 amide bonds. The second-order valence-electron chi connectivity index (χ2n) is 3.96. The van der Waals surface area contributed by atoms with Crippen LogP contribution in [0.2, 0.25) is 0 Å². The molecule has 5 heteroatoms. The Morgan fingerprint density at radius 1 is 1.56 bits per heavy atom. The van der Waals surface area contributed by atoms with Crippen molar-refractivity contribution in [3.63, 3.8) is 0 Å². The molecule has 0 saturated heterocycles. The van der Waals surface area contributed by atoms with Gasteiger partial charge in [0.2, 0.25) is 5.91 Å². The minimum Gasteiger partial charge on any atom is -0.322 e. The maximum absolute atomic E-state index is 11.7. The molecule has 1 aromatic heterocycles. The summed E-state index contributed by atoms with van der Waals surface area (Å²) >= 11 is 5.80. The fraction of sp³-hybridized carbons (Fsp3) is 0.273. The molecule has 0 aliphatic carbocycles. The summed E-state index contributed by atoms with van der Waals surface area (Å²) in [5.41, 5.74) is 3.61. The van der Waals surface area contributed by atoms with E-state index in [0.717, 1.165) is 22.3 Å². The van der Waals surface area contributed by atoms with E-state index in [9.17, 15) is 4.79 Å². The van der Waals surface area contributed by atoms with Gasteiger partial charge in [0.15, 0.2) is 0 Å². The summed E-state index contributed by atoms with van der Waals surface area (Å²) in [6, 6.07) is 3.64. The first-order valence-electron chi connectivity index (χ1n) is 5.07. The van der Waals surface area contributed by atoms with Crippen molar-refractivity contribution in [1.29, 1.82) is 0 Å². The highest BCUT2D eigenvalue weighted by atomic mass is 35.5. The van der Waals surface area contributed by atoms with Crippen LogP contribution in [-0.2, 0) is 10.7 Å². The summed E-state index contributed by atoms with van der Waals surface area (Å²) in [6.07, 6.45) is 1.70. The minimum absolute atomic E-state index is 0.0153. The molecule has 82 valence electrons. The Morgan fingerprint density at radius 3 is 3.12 bits per heavy atom. The van der Waals surface area contributed by atoms with Crippen molar-refractivity contribution in [3.05, 3.63) is 24.0 Å². The Balaban J connectivity index is 2.35. The fourth-order valence-electron chi connectivity index (χ4n) is 2.06. The Labute approximate surface area is 97.2 Å². The van der Waals surface area contributed by atoms with E-state index in [1.54, 1.807) is 6.33 Å². The molecule has 1 aromatic carbocycles. The number of carbonyl (C=O) groups excluding carboxylic acids is 1. The first kappa shape index (κ1) is 9.66. The standard InChI is InChI=1S/C11H10ClN3O/c1-6-11(16)14-9-3-7(4-12)2-8-10(9)15(6)5-13-8/h2-3,5-6H,4H2,1H3,(H,14,16)/t6-/m1/s1. The number of alkyl halides is 1. The van der Waals surface area contributed by atoms with Gasteiger partial charge in [0.05, 0.1) is 23.0 Å². The van der Waals surface area contributed by atoms with Gasteiger partial charge < -0.3 is 9.88 Å². The molecule has 0 radical (unpaired) electrons. The number of nitrogens with one attached hydrogen (secondary N) is 1. The van der Waals surface area contributed by atoms with Gasteiger partial charge in [-0.15, -0.1) is 11.6 Å². The van der Waals surface area contributed by atoms with Crippen molar-refractivity contribution in [3.8, 4) is 0 Å². The van der Waals surface area contributed by atoms with Gasteiger partial charge >= 0.3 is 0 Å². The van der Waals surface area contributed by atoms with Gasteiger partial charge in [0, 0.05) is 5.88 Å². The van der Waals surface area contributed by atoms with Gasteiger partial charge in [-0.05, 0) is 24.6 Å². The first-order valence-corrected chi connectivity index (χ1v) is 5.60. The molecule has 0 fully saturated rings. The largest absolute Gasteiger partial charge is 0.322 e. The Morgan fingerprint density at radius 2 is 2.38 bits per heavy atom. The quantitative estimate of drug-likeness (QED) is 0.771. The third kappa shape index (κ3) is 1.16. The summed E-state index contributed by atoms with van der Waals surface area (Å²) in [4.78, 5) is 16.0. The molecular formula is C11H10ClN3O. The van der Waals surface area contributed by atoms with Gasteiger partial charge in [-0.1, -0.05) is 0 Å². The zero-order chi connectivity index (χ0) is 11.3. The minimum atomic E-state index is -0.209. The molecule has 1 aliphatic heterocycles. The van der Waals surface area contributed by atoms with E-state index < -0.39 is 0 Å². The smallest absolute Gasteiger partial charge is 0.247 e. The molecule has 3 rings (SSSR count). The first-order chi connectivity index (χ1) is 7.70. The van der Waals surface area contributed by atoms with Crippen molar-refractivity contribution >= 4 is 34.2 Å². The van der Waals surface area contributed by atoms with Crippen molar-refractivity contribution in [2.75, 3.05) is 5.32 Å². The van der Waals surface area contributed by atoms with E-state index in [-0.39, 0.29) is 11.9 Å². The molecule has 0 saturated carbocycles. The molecule has 1 N–H and O–H groups in total. The lowest BCUT2D eigenvalue weighted by Gasteiger charge is -2.22. The summed E-state index contributed by atoms with van der Waals surface area (Å²) in [5, 5.41) is 2.88. The molecule has 2 aromatic rings. The molecule has 16 heavy (non-hydrogen) atoms. The predicted octanol–water partition coefficient (Wildman–Crippen LogP) is 2.29. The highest BCUT2D eigenvalue weighted by Crippen LogP contribution is 2.32. The predicted molar refractivity (Wildman–Crippen MR) is 62.6 cm³/mol. The zero-order valence-electron chi connectivity index (χ0n) is 8.70. The number of amides is 1. The van der Waals surface area contributed by atoms with Crippen molar-refractivity contribution in [2.45, 2.75) is 18.8 Å². The van der Waals surface area contributed by atoms with Crippen LogP contribution in [0, 0.1) is 0 Å². The van der Waals surface area contributed by atoms with Gasteiger partial charge in [-0.2, -0.15) is 0 Å². The third-order valence-corrected chi connectivity index (χ3v) is 3.25. The average molecular weight is 236 g/mol. The highest BCUT2D eigenvalue weighted by molar-refractivity contribution is 6.17. The second kappa shape index (κ2) is 3.22. The van der Waals surface area contributed by atoms with E-state index >= 15 is 0 Å². The maximum Gasteiger partial charge on any atom is 0.247 e. The van der Waals surface area contributed by atoms with Crippen LogP contribution in [0.5, 0.6) is 0 Å². The van der Waals surface area contributed by atoms with Crippen LogP contribution in [0.15, 0.2) is 18.5 Å². The third-order valence-electron chi connectivity index (χ3n) is 2.94. The number of imidazole rings is 1. The lowest BCUT2D eigenvalue weighted by atomic mass is 10.1. The number of aromatic nitrogens is 2. The molecule has 1 atom stereocenters. The number of benzene rings is 1. The molecule has 0 unspecified atom stereocenters. The lowest BCUT2D eigenvalue weighted by Crippen LogP contribution is -2.27. The van der Waals surface area contributed by atoms with E-state index in [0.29, 0.717) is 5.88 Å². The maximum atomic E-state index is 11.7. The van der Waals surface area contributed by atoms with E-state index in [2.05, 4.69) is 10.3 Å². The molecule has 0 spiro atoms. The van der Waals surface area contributed by atoms with Gasteiger partial charge in [-0.3, -0.25) is 4.79 Å². The van der Waals surface area contributed by atoms with Gasteiger partial charge in [0.25, 0.3) is 0 Å². The SMILES string of the molecule is C[C@@H]1C(=O)Nc2cc(CCl)cc3ncn1c23. The highest BCUT2D eigenvalue weighted by Gasteiger charge is 2.25. The molecule has 0 bridgehead atoms. The monoisotopic (exact) mass is 235 g/mol. The van der Waals surface area contributed by atoms with Crippen LogP contribution in [0.25, 0.3) is 11.0 Å². The molecule has 1 aliphatic rings. The van der Waals surface area contributed by atoms with Crippen LogP contribution in [0.1, 0.15) is 18.5 Å². The van der Waals surface area contributed by atoms with Crippen LogP contribution in [-0.4, -0.2) is 15.5 Å². The van der Waals surface area contributed by atoms with Crippen LogP contribution in [0.3, 0.4) is 0 Å². The Kier molecular flexibility index (Phi) is 1.94. The van der Waals surface area contributed by atoms with Gasteiger partial charge in [0.1, 0.15) is 6.04 Å². The van der Waals surface area contributed by atoms with Gasteiger partial charge in [-0.25, -0.2) is 4.98 Å². The number of rotatable bonds is 1. The summed E-state index contributed by atoms with van der Waals surface area (Å²) < 4.78 is 1.89. The second-order valence-corrected chi connectivity index (χ2v) is 4.23. The number of halogens is 1. The summed E-state index contributed by atoms with van der Waals surface area (Å²) in [7, 11) is 0. The van der Waals surface area contributed by atoms with E-state index in [4.69, 9.17) is 11.6 Å². The molecule has 4 nitrogen and oxygen atoms in total. The van der Waals surface area contributed by atoms with Crippen molar-refractivity contribution in [2.24, 2.45) is 0 Å². The number of hydrogen-bond acceptors (Lipinski definition) is 2. The zero-order valence-corrected chi connectivity index (χ0v) is 9.45. The molecule has 2 heterocycles. The van der Waals surface area contributed by atoms with E-state index in [1.807, 2.05) is 23.6 Å². The van der Waals surface area contributed by atoms with Crippen molar-refractivity contribution in [1.82, 2.24) is 9.55 Å². The lowest BCUT2D eigenvalue weighted by molar-refractivity contribution is -0.118. The topological polar surface area (TPSA) is 46.9 Å². The number of nitrogens with zero attached hydrogens (tertiary/aromatic N) is 2. The van der Waals surface area contributed by atoms with Crippen molar-refractivity contribution < 1.29 is 4.79 Å². The molecular weight excluding hydrogens is 226 g/mol. The summed E-state index contributed by atoms with van der Waals surface area (Å²) in [6.45, 7) is 1.86. The van der Waals surface area contributed by atoms with Crippen LogP contribution in [0.4, 0.5) is 5.69 Å². The average Bonchev–Trinajstić information content (AvgIpc) is 2.70. The fourth-order valence-corrected chi connectivity index (χ4v) is 2.21.